The predicted molar refractivity (Wildman–Crippen MR) is 101 cm³/mol. The Hall–Kier alpha value is -1.83. The summed E-state index contributed by atoms with van der Waals surface area (Å²) in [7, 11) is -3.05. The molecule has 1 aliphatic rings. The number of hydrogen-bond donors (Lipinski definition) is 1. The van der Waals surface area contributed by atoms with Crippen LogP contribution in [0.4, 0.5) is 5.69 Å². The SMILES string of the molecule is Cc1ccc(Cl)cc1NC(=O)CN(Cc1ccco1)[C@H]1CCS(=O)(=O)C1. The Labute approximate surface area is 158 Å². The normalized spacial score (nSPS) is 19.0. The van der Waals surface area contributed by atoms with E-state index in [2.05, 4.69) is 5.32 Å². The lowest BCUT2D eigenvalue weighted by atomic mass is 10.2. The van der Waals surface area contributed by atoms with Crippen LogP contribution in [0.1, 0.15) is 17.7 Å². The first-order valence-electron chi connectivity index (χ1n) is 8.35. The molecule has 26 heavy (non-hydrogen) atoms. The minimum atomic E-state index is -3.05. The van der Waals surface area contributed by atoms with Crippen LogP contribution in [0.5, 0.6) is 0 Å². The number of hydrogen-bond acceptors (Lipinski definition) is 5. The largest absolute Gasteiger partial charge is 0.468 e. The average molecular weight is 397 g/mol. The summed E-state index contributed by atoms with van der Waals surface area (Å²) in [5.74, 6) is 0.700. The number of nitrogens with one attached hydrogen (secondary N) is 1. The van der Waals surface area contributed by atoms with Gasteiger partial charge in [-0.1, -0.05) is 17.7 Å². The molecule has 0 bridgehead atoms. The van der Waals surface area contributed by atoms with E-state index in [0.29, 0.717) is 29.4 Å². The zero-order valence-electron chi connectivity index (χ0n) is 14.4. The molecular formula is C18H21ClN2O4S. The summed E-state index contributed by atoms with van der Waals surface area (Å²) in [6.45, 7) is 2.35. The molecule has 1 atom stereocenters. The van der Waals surface area contributed by atoms with E-state index >= 15 is 0 Å². The van der Waals surface area contributed by atoms with Crippen molar-refractivity contribution in [2.75, 3.05) is 23.4 Å². The Morgan fingerprint density at radius 2 is 2.19 bits per heavy atom. The molecule has 2 aromatic rings. The van der Waals surface area contributed by atoms with Crippen LogP contribution in [0.15, 0.2) is 41.0 Å². The number of anilines is 1. The number of amides is 1. The van der Waals surface area contributed by atoms with Crippen molar-refractivity contribution in [3.05, 3.63) is 52.9 Å². The zero-order chi connectivity index (χ0) is 18.7. The summed E-state index contributed by atoms with van der Waals surface area (Å²) in [4.78, 5) is 14.4. The van der Waals surface area contributed by atoms with E-state index in [1.54, 1.807) is 24.5 Å². The van der Waals surface area contributed by atoms with Gasteiger partial charge in [-0.2, -0.15) is 0 Å². The maximum Gasteiger partial charge on any atom is 0.238 e. The topological polar surface area (TPSA) is 79.6 Å². The second-order valence-corrected chi connectivity index (χ2v) is 9.21. The van der Waals surface area contributed by atoms with Gasteiger partial charge in [0.15, 0.2) is 9.84 Å². The number of carbonyl (C=O) groups excluding carboxylic acids is 1. The highest BCUT2D eigenvalue weighted by molar-refractivity contribution is 7.91. The fraction of sp³-hybridized carbons (Fsp3) is 0.389. The average Bonchev–Trinajstić information content (AvgIpc) is 3.19. The van der Waals surface area contributed by atoms with Gasteiger partial charge < -0.3 is 9.73 Å². The maximum atomic E-state index is 12.6. The highest BCUT2D eigenvalue weighted by Gasteiger charge is 2.33. The van der Waals surface area contributed by atoms with Gasteiger partial charge in [0.1, 0.15) is 5.76 Å². The molecule has 2 heterocycles. The quantitative estimate of drug-likeness (QED) is 0.812. The van der Waals surface area contributed by atoms with E-state index < -0.39 is 9.84 Å². The van der Waals surface area contributed by atoms with Gasteiger partial charge in [-0.25, -0.2) is 8.42 Å². The molecule has 1 amide bonds. The summed E-state index contributed by atoms with van der Waals surface area (Å²) in [5.41, 5.74) is 1.56. The first kappa shape index (κ1) is 18.9. The van der Waals surface area contributed by atoms with E-state index in [0.717, 1.165) is 5.56 Å². The molecule has 140 valence electrons. The third-order valence-electron chi connectivity index (χ3n) is 4.48. The molecule has 1 N–H and O–H groups in total. The van der Waals surface area contributed by atoms with Crippen molar-refractivity contribution in [3.63, 3.8) is 0 Å². The predicted octanol–water partition coefficient (Wildman–Crippen LogP) is 2.87. The molecule has 0 unspecified atom stereocenters. The molecule has 3 rings (SSSR count). The minimum Gasteiger partial charge on any atom is -0.468 e. The molecule has 0 radical (unpaired) electrons. The summed E-state index contributed by atoms with van der Waals surface area (Å²) in [6.07, 6.45) is 2.08. The zero-order valence-corrected chi connectivity index (χ0v) is 16.0. The number of rotatable bonds is 6. The van der Waals surface area contributed by atoms with Crippen molar-refractivity contribution < 1.29 is 17.6 Å². The van der Waals surface area contributed by atoms with Crippen molar-refractivity contribution in [3.8, 4) is 0 Å². The van der Waals surface area contributed by atoms with Gasteiger partial charge in [-0.3, -0.25) is 9.69 Å². The van der Waals surface area contributed by atoms with E-state index in [1.807, 2.05) is 24.0 Å². The second kappa shape index (κ2) is 7.82. The van der Waals surface area contributed by atoms with Crippen LogP contribution in [0.3, 0.4) is 0 Å². The molecule has 0 spiro atoms. The molecule has 6 nitrogen and oxygen atoms in total. The molecule has 1 aromatic carbocycles. The summed E-state index contributed by atoms with van der Waals surface area (Å²) >= 11 is 6.00. The van der Waals surface area contributed by atoms with Crippen molar-refractivity contribution in [2.24, 2.45) is 0 Å². The molecule has 0 aliphatic carbocycles. The number of carbonyl (C=O) groups is 1. The third kappa shape index (κ3) is 4.87. The van der Waals surface area contributed by atoms with E-state index in [-0.39, 0.29) is 30.0 Å². The minimum absolute atomic E-state index is 0.0666. The second-order valence-electron chi connectivity index (χ2n) is 6.55. The van der Waals surface area contributed by atoms with Crippen LogP contribution in [-0.2, 0) is 21.2 Å². The number of furan rings is 1. The highest BCUT2D eigenvalue weighted by atomic mass is 35.5. The number of aryl methyl sites for hydroxylation is 1. The lowest BCUT2D eigenvalue weighted by Gasteiger charge is -2.26. The number of benzene rings is 1. The number of nitrogens with zero attached hydrogens (tertiary/aromatic N) is 1. The monoisotopic (exact) mass is 396 g/mol. The van der Waals surface area contributed by atoms with Crippen LogP contribution in [-0.4, -0.2) is 43.3 Å². The first-order valence-corrected chi connectivity index (χ1v) is 10.6. The molecule has 1 saturated heterocycles. The first-order chi connectivity index (χ1) is 12.3. The van der Waals surface area contributed by atoms with Crippen LogP contribution in [0.25, 0.3) is 0 Å². The van der Waals surface area contributed by atoms with Crippen LogP contribution >= 0.6 is 11.6 Å². The Morgan fingerprint density at radius 3 is 2.85 bits per heavy atom. The number of halogens is 1. The molecule has 8 heteroatoms. The highest BCUT2D eigenvalue weighted by Crippen LogP contribution is 2.22. The van der Waals surface area contributed by atoms with E-state index in [9.17, 15) is 13.2 Å². The van der Waals surface area contributed by atoms with Crippen molar-refractivity contribution in [1.29, 1.82) is 0 Å². The fourth-order valence-electron chi connectivity index (χ4n) is 3.08. The standard InChI is InChI=1S/C18H21ClN2O4S/c1-13-4-5-14(19)9-17(13)20-18(22)11-21(10-16-3-2-7-25-16)15-6-8-26(23,24)12-15/h2-5,7,9,15H,6,8,10-12H2,1H3,(H,20,22)/t15-/m0/s1. The van der Waals surface area contributed by atoms with Gasteiger partial charge in [0, 0.05) is 16.8 Å². The molecule has 0 saturated carbocycles. The van der Waals surface area contributed by atoms with Crippen LogP contribution in [0.2, 0.25) is 5.02 Å². The number of sulfone groups is 1. The van der Waals surface area contributed by atoms with Gasteiger partial charge in [0.2, 0.25) is 5.91 Å². The van der Waals surface area contributed by atoms with Crippen LogP contribution < -0.4 is 5.32 Å². The van der Waals surface area contributed by atoms with Crippen molar-refractivity contribution in [2.45, 2.75) is 25.9 Å². The fourth-order valence-corrected chi connectivity index (χ4v) is 5.02. The van der Waals surface area contributed by atoms with Gasteiger partial charge >= 0.3 is 0 Å². The summed E-state index contributed by atoms with van der Waals surface area (Å²) in [6, 6.07) is 8.69. The van der Waals surface area contributed by atoms with Gasteiger partial charge in [0.05, 0.1) is 30.9 Å². The Morgan fingerprint density at radius 1 is 1.38 bits per heavy atom. The maximum absolute atomic E-state index is 12.6. The molecule has 1 aromatic heterocycles. The van der Waals surface area contributed by atoms with E-state index in [4.69, 9.17) is 16.0 Å². The van der Waals surface area contributed by atoms with Gasteiger partial charge in [0.25, 0.3) is 0 Å². The van der Waals surface area contributed by atoms with Crippen molar-refractivity contribution >= 4 is 33.0 Å². The molecule has 1 aliphatic heterocycles. The lowest BCUT2D eigenvalue weighted by molar-refractivity contribution is -0.118. The summed E-state index contributed by atoms with van der Waals surface area (Å²) < 4.78 is 29.1. The molecule has 1 fully saturated rings. The Kier molecular flexibility index (Phi) is 5.70. The summed E-state index contributed by atoms with van der Waals surface area (Å²) in [5, 5.41) is 3.40. The smallest absolute Gasteiger partial charge is 0.238 e. The Bertz CT molecular complexity index is 881. The molecular weight excluding hydrogens is 376 g/mol. The third-order valence-corrected chi connectivity index (χ3v) is 6.47. The van der Waals surface area contributed by atoms with Crippen LogP contribution in [0, 0.1) is 6.92 Å². The lowest BCUT2D eigenvalue weighted by Crippen LogP contribution is -2.41. The van der Waals surface area contributed by atoms with E-state index in [1.165, 1.54) is 0 Å². The van der Waals surface area contributed by atoms with Crippen molar-refractivity contribution in [1.82, 2.24) is 4.90 Å². The Balaban J connectivity index is 1.72. The van der Waals surface area contributed by atoms with Gasteiger partial charge in [-0.15, -0.1) is 0 Å². The van der Waals surface area contributed by atoms with Gasteiger partial charge in [-0.05, 0) is 43.2 Å².